The molecule has 2 aromatic rings. The van der Waals surface area contributed by atoms with E-state index < -0.39 is 0 Å². The van der Waals surface area contributed by atoms with Crippen LogP contribution in [0.5, 0.6) is 0 Å². The number of aryl methyl sites for hydroxylation is 2. The molecule has 20 heavy (non-hydrogen) atoms. The van der Waals surface area contributed by atoms with E-state index in [4.69, 9.17) is 12.2 Å². The molecule has 0 unspecified atom stereocenters. The second-order valence-electron chi connectivity index (χ2n) is 4.75. The van der Waals surface area contributed by atoms with Gasteiger partial charge in [0, 0.05) is 13.1 Å². The van der Waals surface area contributed by atoms with E-state index in [2.05, 4.69) is 53.8 Å². The van der Waals surface area contributed by atoms with E-state index >= 15 is 0 Å². The molecule has 0 aliphatic rings. The number of hydrogen-bond donors (Lipinski definition) is 2. The molecule has 1 aromatic heterocycles. The molecule has 0 fully saturated rings. The molecule has 1 aromatic carbocycles. The first kappa shape index (κ1) is 14.5. The standard InChI is InChI=1S/C15H20N4S/c1-4-19-12(3)14(10-17-19)18-15(20)16-9-13-7-5-11(2)6-8-13/h5-8,10H,4,9H2,1-3H3,(H2,16,18,20). The van der Waals surface area contributed by atoms with Gasteiger partial charge in [-0.2, -0.15) is 5.10 Å². The number of nitrogens with zero attached hydrogens (tertiary/aromatic N) is 2. The molecule has 4 nitrogen and oxygen atoms in total. The zero-order valence-corrected chi connectivity index (χ0v) is 12.9. The second kappa shape index (κ2) is 6.52. The Labute approximate surface area is 125 Å². The SMILES string of the molecule is CCn1ncc(NC(=S)NCc2ccc(C)cc2)c1C. The Morgan fingerprint density at radius 2 is 1.95 bits per heavy atom. The highest BCUT2D eigenvalue weighted by Gasteiger charge is 2.06. The summed E-state index contributed by atoms with van der Waals surface area (Å²) < 4.78 is 1.94. The van der Waals surface area contributed by atoms with E-state index in [9.17, 15) is 0 Å². The fourth-order valence-corrected chi connectivity index (χ4v) is 2.12. The Morgan fingerprint density at radius 1 is 1.25 bits per heavy atom. The first-order valence-corrected chi connectivity index (χ1v) is 7.13. The van der Waals surface area contributed by atoms with Crippen LogP contribution in [0, 0.1) is 13.8 Å². The summed E-state index contributed by atoms with van der Waals surface area (Å²) in [6.07, 6.45) is 1.80. The third-order valence-corrected chi connectivity index (χ3v) is 3.47. The molecule has 0 aliphatic carbocycles. The molecule has 0 spiro atoms. The smallest absolute Gasteiger partial charge is 0.171 e. The summed E-state index contributed by atoms with van der Waals surface area (Å²) >= 11 is 5.31. The summed E-state index contributed by atoms with van der Waals surface area (Å²) in [5, 5.41) is 11.3. The van der Waals surface area contributed by atoms with Crippen molar-refractivity contribution in [2.75, 3.05) is 5.32 Å². The minimum Gasteiger partial charge on any atom is -0.358 e. The molecule has 5 heteroatoms. The molecule has 0 radical (unpaired) electrons. The molecule has 0 saturated heterocycles. The zero-order chi connectivity index (χ0) is 14.5. The zero-order valence-electron chi connectivity index (χ0n) is 12.1. The number of hydrogen-bond acceptors (Lipinski definition) is 2. The lowest BCUT2D eigenvalue weighted by Crippen LogP contribution is -2.28. The third-order valence-electron chi connectivity index (χ3n) is 3.22. The van der Waals surface area contributed by atoms with E-state index in [1.165, 1.54) is 11.1 Å². The van der Waals surface area contributed by atoms with Crippen LogP contribution in [0.1, 0.15) is 23.7 Å². The molecule has 1 heterocycles. The maximum atomic E-state index is 5.31. The lowest BCUT2D eigenvalue weighted by atomic mass is 10.1. The Kier molecular flexibility index (Phi) is 4.74. The van der Waals surface area contributed by atoms with Crippen molar-refractivity contribution in [3.05, 3.63) is 47.3 Å². The molecule has 0 saturated carbocycles. The maximum Gasteiger partial charge on any atom is 0.171 e. The normalized spacial score (nSPS) is 10.3. The van der Waals surface area contributed by atoms with Gasteiger partial charge in [-0.25, -0.2) is 0 Å². The van der Waals surface area contributed by atoms with Gasteiger partial charge in [0.25, 0.3) is 0 Å². The lowest BCUT2D eigenvalue weighted by Gasteiger charge is -2.10. The highest BCUT2D eigenvalue weighted by Crippen LogP contribution is 2.13. The minimum atomic E-state index is 0.615. The van der Waals surface area contributed by atoms with Crippen molar-refractivity contribution in [3.8, 4) is 0 Å². The Hall–Kier alpha value is -1.88. The monoisotopic (exact) mass is 288 g/mol. The highest BCUT2D eigenvalue weighted by molar-refractivity contribution is 7.80. The van der Waals surface area contributed by atoms with E-state index in [1.807, 2.05) is 11.6 Å². The van der Waals surface area contributed by atoms with Crippen LogP contribution in [0.3, 0.4) is 0 Å². The summed E-state index contributed by atoms with van der Waals surface area (Å²) in [7, 11) is 0. The van der Waals surface area contributed by atoms with Gasteiger partial charge < -0.3 is 10.6 Å². The predicted molar refractivity (Wildman–Crippen MR) is 86.9 cm³/mol. The fraction of sp³-hybridized carbons (Fsp3) is 0.333. The summed E-state index contributed by atoms with van der Waals surface area (Å²) in [4.78, 5) is 0. The summed E-state index contributed by atoms with van der Waals surface area (Å²) in [6, 6.07) is 8.41. The largest absolute Gasteiger partial charge is 0.358 e. The van der Waals surface area contributed by atoms with Gasteiger partial charge in [-0.05, 0) is 38.6 Å². The number of nitrogens with one attached hydrogen (secondary N) is 2. The summed E-state index contributed by atoms with van der Waals surface area (Å²) in [6.45, 7) is 7.75. The van der Waals surface area contributed by atoms with Gasteiger partial charge in [0.2, 0.25) is 0 Å². The molecule has 2 rings (SSSR count). The van der Waals surface area contributed by atoms with Crippen LogP contribution < -0.4 is 10.6 Å². The summed E-state index contributed by atoms with van der Waals surface area (Å²) in [5.74, 6) is 0. The van der Waals surface area contributed by atoms with Gasteiger partial charge >= 0.3 is 0 Å². The quantitative estimate of drug-likeness (QED) is 0.849. The van der Waals surface area contributed by atoms with Crippen LogP contribution in [0.2, 0.25) is 0 Å². The van der Waals surface area contributed by atoms with Crippen molar-refractivity contribution in [1.29, 1.82) is 0 Å². The molecular formula is C15H20N4S. The van der Waals surface area contributed by atoms with Gasteiger partial charge in [0.15, 0.2) is 5.11 Å². The van der Waals surface area contributed by atoms with Gasteiger partial charge in [-0.15, -0.1) is 0 Å². The van der Waals surface area contributed by atoms with E-state index in [0.29, 0.717) is 11.7 Å². The maximum absolute atomic E-state index is 5.31. The van der Waals surface area contributed by atoms with Crippen molar-refractivity contribution in [2.24, 2.45) is 0 Å². The van der Waals surface area contributed by atoms with Crippen molar-refractivity contribution < 1.29 is 0 Å². The van der Waals surface area contributed by atoms with E-state index in [-0.39, 0.29) is 0 Å². The topological polar surface area (TPSA) is 41.9 Å². The van der Waals surface area contributed by atoms with Crippen LogP contribution in [0.15, 0.2) is 30.5 Å². The molecule has 2 N–H and O–H groups in total. The van der Waals surface area contributed by atoms with Gasteiger partial charge in [0.1, 0.15) is 0 Å². The lowest BCUT2D eigenvalue weighted by molar-refractivity contribution is 0.640. The third kappa shape index (κ3) is 3.57. The van der Waals surface area contributed by atoms with Crippen molar-refractivity contribution in [3.63, 3.8) is 0 Å². The number of aromatic nitrogens is 2. The number of rotatable bonds is 4. The number of thiocarbonyl (C=S) groups is 1. The summed E-state index contributed by atoms with van der Waals surface area (Å²) in [5.41, 5.74) is 4.51. The van der Waals surface area contributed by atoms with Crippen molar-refractivity contribution in [1.82, 2.24) is 15.1 Å². The molecule has 0 amide bonds. The van der Waals surface area contributed by atoms with Crippen molar-refractivity contribution >= 4 is 23.0 Å². The highest BCUT2D eigenvalue weighted by atomic mass is 32.1. The molecule has 0 bridgehead atoms. The number of anilines is 1. The minimum absolute atomic E-state index is 0.615. The second-order valence-corrected chi connectivity index (χ2v) is 5.16. The van der Waals surface area contributed by atoms with E-state index in [1.54, 1.807) is 6.20 Å². The van der Waals surface area contributed by atoms with Crippen LogP contribution in [0.25, 0.3) is 0 Å². The van der Waals surface area contributed by atoms with Crippen LogP contribution >= 0.6 is 12.2 Å². The average molecular weight is 288 g/mol. The first-order valence-electron chi connectivity index (χ1n) is 6.73. The van der Waals surface area contributed by atoms with Crippen molar-refractivity contribution in [2.45, 2.75) is 33.9 Å². The molecule has 0 atom stereocenters. The van der Waals surface area contributed by atoms with Crippen LogP contribution in [0.4, 0.5) is 5.69 Å². The molecular weight excluding hydrogens is 268 g/mol. The fourth-order valence-electron chi connectivity index (χ4n) is 1.94. The first-order chi connectivity index (χ1) is 9.60. The van der Waals surface area contributed by atoms with Gasteiger partial charge in [-0.1, -0.05) is 29.8 Å². The van der Waals surface area contributed by atoms with E-state index in [0.717, 1.165) is 17.9 Å². The molecule has 0 aliphatic heterocycles. The average Bonchev–Trinajstić information content (AvgIpc) is 2.79. The van der Waals surface area contributed by atoms with Gasteiger partial charge in [-0.3, -0.25) is 4.68 Å². The predicted octanol–water partition coefficient (Wildman–Crippen LogP) is 3.01. The molecule has 106 valence electrons. The van der Waals surface area contributed by atoms with Gasteiger partial charge in [0.05, 0.1) is 17.6 Å². The Balaban J connectivity index is 1.89. The van der Waals surface area contributed by atoms with Crippen LogP contribution in [-0.2, 0) is 13.1 Å². The van der Waals surface area contributed by atoms with Crippen LogP contribution in [-0.4, -0.2) is 14.9 Å². The number of benzene rings is 1. The Morgan fingerprint density at radius 3 is 2.55 bits per heavy atom. The Bertz CT molecular complexity index is 586.